The molecule has 0 bridgehead atoms. The van der Waals surface area contributed by atoms with Crippen molar-refractivity contribution in [2.75, 3.05) is 20.3 Å². The fourth-order valence-electron chi connectivity index (χ4n) is 1.67. The molecule has 2 heterocycles. The molecule has 1 aliphatic heterocycles. The summed E-state index contributed by atoms with van der Waals surface area (Å²) in [5.74, 6) is 1.40. The fourth-order valence-corrected chi connectivity index (χ4v) is 1.67. The van der Waals surface area contributed by atoms with Gasteiger partial charge in [-0.1, -0.05) is 5.16 Å². The summed E-state index contributed by atoms with van der Waals surface area (Å²) in [5.41, 5.74) is 1.15. The Morgan fingerprint density at radius 2 is 2.62 bits per heavy atom. The summed E-state index contributed by atoms with van der Waals surface area (Å²) < 4.78 is 10.5. The van der Waals surface area contributed by atoms with E-state index in [0.29, 0.717) is 5.92 Å². The zero-order chi connectivity index (χ0) is 9.10. The van der Waals surface area contributed by atoms with E-state index in [0.717, 1.165) is 37.5 Å². The minimum atomic E-state index is 0.408. The predicted molar refractivity (Wildman–Crippen MR) is 47.4 cm³/mol. The normalized spacial score (nSPS) is 22.4. The smallest absolute Gasteiger partial charge is 0.146 e. The number of aromatic nitrogens is 1. The number of rotatable bonds is 3. The van der Waals surface area contributed by atoms with Crippen molar-refractivity contribution in [2.24, 2.45) is 0 Å². The molecular formula is C9H14N2O2. The van der Waals surface area contributed by atoms with Crippen molar-refractivity contribution < 1.29 is 9.26 Å². The molecule has 2 rings (SSSR count). The lowest BCUT2D eigenvalue weighted by molar-refractivity contribution is 0.189. The van der Waals surface area contributed by atoms with Crippen LogP contribution in [0.5, 0.6) is 0 Å². The molecule has 13 heavy (non-hydrogen) atoms. The van der Waals surface area contributed by atoms with Crippen molar-refractivity contribution in [1.82, 2.24) is 10.5 Å². The quantitative estimate of drug-likeness (QED) is 0.754. The number of nitrogens with zero attached hydrogens (tertiary/aromatic N) is 1. The Hall–Kier alpha value is -0.870. The molecule has 1 aromatic heterocycles. The van der Waals surface area contributed by atoms with Gasteiger partial charge in [0.2, 0.25) is 0 Å². The van der Waals surface area contributed by atoms with Crippen molar-refractivity contribution in [3.63, 3.8) is 0 Å². The second-order valence-corrected chi connectivity index (χ2v) is 3.31. The van der Waals surface area contributed by atoms with Crippen LogP contribution in [-0.2, 0) is 11.3 Å². The van der Waals surface area contributed by atoms with Crippen molar-refractivity contribution in [2.45, 2.75) is 18.9 Å². The lowest BCUT2D eigenvalue weighted by Gasteiger charge is -2.04. The summed E-state index contributed by atoms with van der Waals surface area (Å²) in [6.07, 6.45) is 2.83. The molecule has 0 radical (unpaired) electrons. The molecule has 0 aromatic carbocycles. The summed E-state index contributed by atoms with van der Waals surface area (Å²) in [7, 11) is 1.92. The second kappa shape index (κ2) is 3.89. The van der Waals surface area contributed by atoms with Crippen LogP contribution in [0.2, 0.25) is 0 Å². The van der Waals surface area contributed by atoms with Crippen LogP contribution in [0.4, 0.5) is 0 Å². The van der Waals surface area contributed by atoms with E-state index in [1.807, 2.05) is 7.05 Å². The van der Waals surface area contributed by atoms with Crippen LogP contribution in [-0.4, -0.2) is 25.4 Å². The van der Waals surface area contributed by atoms with Crippen LogP contribution in [0.15, 0.2) is 10.7 Å². The van der Waals surface area contributed by atoms with Gasteiger partial charge in [-0.15, -0.1) is 0 Å². The third-order valence-electron chi connectivity index (χ3n) is 2.34. The first-order chi connectivity index (χ1) is 6.42. The van der Waals surface area contributed by atoms with Crippen LogP contribution >= 0.6 is 0 Å². The van der Waals surface area contributed by atoms with Gasteiger partial charge in [0.1, 0.15) is 5.76 Å². The van der Waals surface area contributed by atoms with E-state index < -0.39 is 0 Å². The molecule has 0 spiro atoms. The SMILES string of the molecule is CNCc1cnoc1C1CCOC1. The predicted octanol–water partition coefficient (Wildman–Crippen LogP) is 0.898. The molecule has 4 heteroatoms. The lowest BCUT2D eigenvalue weighted by Crippen LogP contribution is -2.08. The Morgan fingerprint density at radius 3 is 3.31 bits per heavy atom. The van der Waals surface area contributed by atoms with Gasteiger partial charge >= 0.3 is 0 Å². The summed E-state index contributed by atoms with van der Waals surface area (Å²) in [6, 6.07) is 0. The van der Waals surface area contributed by atoms with E-state index in [2.05, 4.69) is 10.5 Å². The highest BCUT2D eigenvalue weighted by atomic mass is 16.5. The summed E-state index contributed by atoms with van der Waals surface area (Å²) in [4.78, 5) is 0. The molecule has 0 saturated carbocycles. The minimum Gasteiger partial charge on any atom is -0.381 e. The lowest BCUT2D eigenvalue weighted by atomic mass is 10.0. The Labute approximate surface area is 77.2 Å². The zero-order valence-electron chi connectivity index (χ0n) is 7.75. The topological polar surface area (TPSA) is 47.3 Å². The molecule has 1 unspecified atom stereocenters. The van der Waals surface area contributed by atoms with Gasteiger partial charge in [-0.05, 0) is 13.5 Å². The molecular weight excluding hydrogens is 168 g/mol. The Balaban J connectivity index is 2.13. The molecule has 1 aliphatic rings. The van der Waals surface area contributed by atoms with Gasteiger partial charge in [-0.25, -0.2) is 0 Å². The molecule has 1 aromatic rings. The maximum absolute atomic E-state index is 5.31. The monoisotopic (exact) mass is 182 g/mol. The minimum absolute atomic E-state index is 0.408. The number of ether oxygens (including phenoxy) is 1. The van der Waals surface area contributed by atoms with Gasteiger partial charge in [0.25, 0.3) is 0 Å². The van der Waals surface area contributed by atoms with Crippen molar-refractivity contribution in [3.8, 4) is 0 Å². The number of hydrogen-bond acceptors (Lipinski definition) is 4. The first kappa shape index (κ1) is 8.72. The molecule has 0 aliphatic carbocycles. The van der Waals surface area contributed by atoms with E-state index in [9.17, 15) is 0 Å². The van der Waals surface area contributed by atoms with E-state index >= 15 is 0 Å². The number of hydrogen-bond donors (Lipinski definition) is 1. The fraction of sp³-hybridized carbons (Fsp3) is 0.667. The Kier molecular flexibility index (Phi) is 2.61. The average Bonchev–Trinajstić information content (AvgIpc) is 2.71. The maximum atomic E-state index is 5.31. The summed E-state index contributed by atoms with van der Waals surface area (Å²) in [6.45, 7) is 2.42. The third kappa shape index (κ3) is 1.73. The zero-order valence-corrected chi connectivity index (χ0v) is 7.75. The van der Waals surface area contributed by atoms with Crippen molar-refractivity contribution >= 4 is 0 Å². The molecule has 1 saturated heterocycles. The molecule has 4 nitrogen and oxygen atoms in total. The van der Waals surface area contributed by atoms with Crippen molar-refractivity contribution in [3.05, 3.63) is 17.5 Å². The van der Waals surface area contributed by atoms with Crippen LogP contribution < -0.4 is 5.32 Å². The van der Waals surface area contributed by atoms with Crippen LogP contribution in [0.25, 0.3) is 0 Å². The Morgan fingerprint density at radius 1 is 1.69 bits per heavy atom. The molecule has 0 amide bonds. The first-order valence-electron chi connectivity index (χ1n) is 4.57. The summed E-state index contributed by atoms with van der Waals surface area (Å²) >= 11 is 0. The molecule has 1 atom stereocenters. The van der Waals surface area contributed by atoms with Gasteiger partial charge in [0.15, 0.2) is 0 Å². The van der Waals surface area contributed by atoms with E-state index in [-0.39, 0.29) is 0 Å². The maximum Gasteiger partial charge on any atom is 0.146 e. The first-order valence-corrected chi connectivity index (χ1v) is 4.57. The van der Waals surface area contributed by atoms with Gasteiger partial charge < -0.3 is 14.6 Å². The van der Waals surface area contributed by atoms with E-state index in [1.54, 1.807) is 6.20 Å². The van der Waals surface area contributed by atoms with Gasteiger partial charge in [-0.3, -0.25) is 0 Å². The Bertz CT molecular complexity index is 266. The molecule has 1 fully saturated rings. The van der Waals surface area contributed by atoms with Crippen LogP contribution in [0.3, 0.4) is 0 Å². The highest BCUT2D eigenvalue weighted by Gasteiger charge is 2.24. The van der Waals surface area contributed by atoms with Crippen LogP contribution in [0, 0.1) is 0 Å². The third-order valence-corrected chi connectivity index (χ3v) is 2.34. The van der Waals surface area contributed by atoms with Gasteiger partial charge in [-0.2, -0.15) is 0 Å². The van der Waals surface area contributed by atoms with E-state index in [1.165, 1.54) is 0 Å². The highest BCUT2D eigenvalue weighted by Crippen LogP contribution is 2.27. The number of nitrogens with one attached hydrogen (secondary N) is 1. The second-order valence-electron chi connectivity index (χ2n) is 3.31. The molecule has 1 N–H and O–H groups in total. The highest BCUT2D eigenvalue weighted by molar-refractivity contribution is 5.18. The largest absolute Gasteiger partial charge is 0.381 e. The van der Waals surface area contributed by atoms with Gasteiger partial charge in [0, 0.05) is 24.6 Å². The van der Waals surface area contributed by atoms with Crippen LogP contribution in [0.1, 0.15) is 23.7 Å². The average molecular weight is 182 g/mol. The van der Waals surface area contributed by atoms with E-state index in [4.69, 9.17) is 9.26 Å². The molecule has 72 valence electrons. The van der Waals surface area contributed by atoms with Gasteiger partial charge in [0.05, 0.1) is 12.8 Å². The standard InChI is InChI=1S/C9H14N2O2/c1-10-4-8-5-11-13-9(8)7-2-3-12-6-7/h5,7,10H,2-4,6H2,1H3. The van der Waals surface area contributed by atoms with Crippen molar-refractivity contribution in [1.29, 1.82) is 0 Å². The summed E-state index contributed by atoms with van der Waals surface area (Å²) in [5, 5.41) is 6.91.